The molecule has 3 N–H and O–H groups in total. The summed E-state index contributed by atoms with van der Waals surface area (Å²) in [6.07, 6.45) is 3.32. The van der Waals surface area contributed by atoms with E-state index >= 15 is 0 Å². The zero-order valence-corrected chi connectivity index (χ0v) is 8.72. The second-order valence-electron chi connectivity index (χ2n) is 3.97. The van der Waals surface area contributed by atoms with Crippen molar-refractivity contribution in [2.24, 2.45) is 5.73 Å². The van der Waals surface area contributed by atoms with Gasteiger partial charge in [0.05, 0.1) is 0 Å². The fraction of sp³-hybridized carbons (Fsp3) is 0.500. The predicted octanol–water partition coefficient (Wildman–Crippen LogP) is 1.93. The summed E-state index contributed by atoms with van der Waals surface area (Å²) in [7, 11) is 0. The number of hydrogen-bond donors (Lipinski definition) is 2. The smallest absolute Gasteiger partial charge is 0.0375 e. The number of nitrogens with two attached hydrogens (primary N) is 1. The third-order valence-electron chi connectivity index (χ3n) is 2.92. The number of benzene rings is 1. The Balaban J connectivity index is 2.14. The number of rotatable bonds is 3. The van der Waals surface area contributed by atoms with E-state index in [1.54, 1.807) is 0 Å². The van der Waals surface area contributed by atoms with Crippen LogP contribution in [0.1, 0.15) is 24.5 Å². The van der Waals surface area contributed by atoms with Gasteiger partial charge in [-0.15, -0.1) is 0 Å². The van der Waals surface area contributed by atoms with E-state index in [4.69, 9.17) is 5.73 Å². The maximum atomic E-state index is 5.56. The van der Waals surface area contributed by atoms with Crippen LogP contribution in [0.25, 0.3) is 0 Å². The van der Waals surface area contributed by atoms with Gasteiger partial charge in [-0.1, -0.05) is 19.1 Å². The molecule has 0 aromatic heterocycles. The minimum atomic E-state index is 0.558. The van der Waals surface area contributed by atoms with E-state index in [1.165, 1.54) is 16.8 Å². The molecular weight excluding hydrogens is 172 g/mol. The molecule has 2 heteroatoms. The first kappa shape index (κ1) is 9.53. The van der Waals surface area contributed by atoms with E-state index in [9.17, 15) is 0 Å². The highest BCUT2D eigenvalue weighted by atomic mass is 14.9. The van der Waals surface area contributed by atoms with Gasteiger partial charge < -0.3 is 11.1 Å². The Hall–Kier alpha value is -1.02. The highest BCUT2D eigenvalue weighted by Gasteiger charge is 2.19. The van der Waals surface area contributed by atoms with Crippen molar-refractivity contribution in [1.82, 2.24) is 0 Å². The molecule has 2 nitrogen and oxygen atoms in total. The normalized spacial score (nSPS) is 19.1. The average molecular weight is 190 g/mol. The number of fused-ring (bicyclic) bond motifs is 1. The van der Waals surface area contributed by atoms with Gasteiger partial charge in [0.2, 0.25) is 0 Å². The highest BCUT2D eigenvalue weighted by Crippen LogP contribution is 2.27. The molecule has 0 amide bonds. The molecular formula is C12H18N2. The van der Waals surface area contributed by atoms with Crippen molar-refractivity contribution in [3.8, 4) is 0 Å². The van der Waals surface area contributed by atoms with Gasteiger partial charge in [-0.05, 0) is 43.0 Å². The van der Waals surface area contributed by atoms with Crippen LogP contribution in [-0.2, 0) is 12.8 Å². The van der Waals surface area contributed by atoms with Crippen molar-refractivity contribution in [2.45, 2.75) is 32.2 Å². The number of anilines is 1. The lowest BCUT2D eigenvalue weighted by atomic mass is 10.0. The summed E-state index contributed by atoms with van der Waals surface area (Å²) < 4.78 is 0. The van der Waals surface area contributed by atoms with E-state index in [0.717, 1.165) is 25.8 Å². The summed E-state index contributed by atoms with van der Waals surface area (Å²) in [4.78, 5) is 0. The molecule has 1 aliphatic heterocycles. The summed E-state index contributed by atoms with van der Waals surface area (Å²) in [5.41, 5.74) is 9.76. The minimum Gasteiger partial charge on any atom is -0.382 e. The van der Waals surface area contributed by atoms with Crippen molar-refractivity contribution >= 4 is 5.69 Å². The Bertz CT molecular complexity index is 320. The Kier molecular flexibility index (Phi) is 2.73. The summed E-state index contributed by atoms with van der Waals surface area (Å²) in [6, 6.07) is 7.28. The molecule has 0 radical (unpaired) electrons. The number of nitrogens with one attached hydrogen (secondary N) is 1. The van der Waals surface area contributed by atoms with Crippen molar-refractivity contribution < 1.29 is 0 Å². The topological polar surface area (TPSA) is 38.0 Å². The molecule has 0 bridgehead atoms. The van der Waals surface area contributed by atoms with Crippen LogP contribution in [-0.4, -0.2) is 12.6 Å². The average Bonchev–Trinajstić information content (AvgIpc) is 2.59. The van der Waals surface area contributed by atoms with E-state index < -0.39 is 0 Å². The summed E-state index contributed by atoms with van der Waals surface area (Å²) in [5, 5.41) is 3.51. The van der Waals surface area contributed by atoms with Crippen LogP contribution in [0.4, 0.5) is 5.69 Å². The first-order valence-electron chi connectivity index (χ1n) is 5.42. The molecule has 1 unspecified atom stereocenters. The molecule has 0 saturated carbocycles. The van der Waals surface area contributed by atoms with Crippen LogP contribution in [0.15, 0.2) is 18.2 Å². The van der Waals surface area contributed by atoms with Crippen LogP contribution in [0, 0.1) is 0 Å². The van der Waals surface area contributed by atoms with Crippen LogP contribution in [0.2, 0.25) is 0 Å². The molecule has 0 spiro atoms. The fourth-order valence-corrected chi connectivity index (χ4v) is 2.09. The molecule has 0 saturated heterocycles. The second kappa shape index (κ2) is 4.01. The van der Waals surface area contributed by atoms with Crippen LogP contribution in [0.5, 0.6) is 0 Å². The first-order chi connectivity index (χ1) is 6.83. The van der Waals surface area contributed by atoms with Gasteiger partial charge in [0.1, 0.15) is 0 Å². The number of hydrogen-bond acceptors (Lipinski definition) is 2. The Morgan fingerprint density at radius 1 is 1.50 bits per heavy atom. The van der Waals surface area contributed by atoms with Crippen LogP contribution in [0.3, 0.4) is 0 Å². The molecule has 0 aliphatic carbocycles. The van der Waals surface area contributed by atoms with Gasteiger partial charge in [0.15, 0.2) is 0 Å². The maximum Gasteiger partial charge on any atom is 0.0375 e. The predicted molar refractivity (Wildman–Crippen MR) is 60.6 cm³/mol. The molecule has 2 rings (SSSR count). The first-order valence-corrected chi connectivity index (χ1v) is 5.42. The van der Waals surface area contributed by atoms with E-state index in [-0.39, 0.29) is 0 Å². The molecule has 1 aromatic rings. The molecule has 14 heavy (non-hydrogen) atoms. The largest absolute Gasteiger partial charge is 0.382 e. The zero-order valence-electron chi connectivity index (χ0n) is 8.72. The molecule has 76 valence electrons. The van der Waals surface area contributed by atoms with Gasteiger partial charge in [0.25, 0.3) is 0 Å². The third kappa shape index (κ3) is 1.75. The van der Waals surface area contributed by atoms with Gasteiger partial charge in [-0.3, -0.25) is 0 Å². The van der Waals surface area contributed by atoms with Crippen LogP contribution >= 0.6 is 0 Å². The van der Waals surface area contributed by atoms with Crippen molar-refractivity contribution in [2.75, 3.05) is 11.9 Å². The van der Waals surface area contributed by atoms with E-state index in [1.807, 2.05) is 0 Å². The summed E-state index contributed by atoms with van der Waals surface area (Å²) >= 11 is 0. The van der Waals surface area contributed by atoms with E-state index in [2.05, 4.69) is 30.4 Å². The lowest BCUT2D eigenvalue weighted by Gasteiger charge is -2.08. The minimum absolute atomic E-state index is 0.558. The van der Waals surface area contributed by atoms with Crippen molar-refractivity contribution in [1.29, 1.82) is 0 Å². The highest BCUT2D eigenvalue weighted by molar-refractivity contribution is 5.57. The standard InChI is InChI=1S/C12H18N2/c1-2-9-3-4-12-10(7-9)8-11(14-12)5-6-13/h3-4,7,11,14H,2,5-6,8,13H2,1H3. The molecule has 1 heterocycles. The quantitative estimate of drug-likeness (QED) is 0.764. The molecule has 1 aliphatic rings. The summed E-state index contributed by atoms with van der Waals surface area (Å²) in [5.74, 6) is 0. The second-order valence-corrected chi connectivity index (χ2v) is 3.97. The fourth-order valence-electron chi connectivity index (χ4n) is 2.09. The summed E-state index contributed by atoms with van der Waals surface area (Å²) in [6.45, 7) is 2.97. The molecule has 1 aromatic carbocycles. The maximum absolute atomic E-state index is 5.56. The Morgan fingerprint density at radius 2 is 2.36 bits per heavy atom. The Morgan fingerprint density at radius 3 is 3.07 bits per heavy atom. The third-order valence-corrected chi connectivity index (χ3v) is 2.92. The molecule has 0 fully saturated rings. The van der Waals surface area contributed by atoms with Gasteiger partial charge >= 0.3 is 0 Å². The van der Waals surface area contributed by atoms with Crippen molar-refractivity contribution in [3.05, 3.63) is 29.3 Å². The lowest BCUT2D eigenvalue weighted by Crippen LogP contribution is -2.19. The van der Waals surface area contributed by atoms with Gasteiger partial charge in [-0.2, -0.15) is 0 Å². The lowest BCUT2D eigenvalue weighted by molar-refractivity contribution is 0.684. The number of aryl methyl sites for hydroxylation is 1. The SMILES string of the molecule is CCc1ccc2c(c1)CC(CCN)N2. The van der Waals surface area contributed by atoms with E-state index in [0.29, 0.717) is 6.04 Å². The van der Waals surface area contributed by atoms with Gasteiger partial charge in [-0.25, -0.2) is 0 Å². The monoisotopic (exact) mass is 190 g/mol. The van der Waals surface area contributed by atoms with Crippen molar-refractivity contribution in [3.63, 3.8) is 0 Å². The van der Waals surface area contributed by atoms with Crippen LogP contribution < -0.4 is 11.1 Å². The molecule has 1 atom stereocenters. The van der Waals surface area contributed by atoms with Gasteiger partial charge in [0, 0.05) is 11.7 Å². The Labute approximate surface area is 85.5 Å². The zero-order chi connectivity index (χ0) is 9.97.